The van der Waals surface area contributed by atoms with Gasteiger partial charge in [0.1, 0.15) is 31.3 Å². The van der Waals surface area contributed by atoms with Gasteiger partial charge in [-0.15, -0.1) is 0 Å². The highest BCUT2D eigenvalue weighted by Crippen LogP contribution is 2.49. The van der Waals surface area contributed by atoms with Gasteiger partial charge < -0.3 is 75.8 Å². The number of ether oxygens (including phenoxy) is 13. The number of anilines is 2. The molecule has 4 aliphatic heterocycles. The van der Waals surface area contributed by atoms with Crippen molar-refractivity contribution in [1.29, 1.82) is 0 Å². The molecule has 602 valence electrons. The molecule has 0 radical (unpaired) electrons. The highest BCUT2D eigenvalue weighted by molar-refractivity contribution is 6.74. The number of amides is 4. The Labute approximate surface area is 678 Å². The number of nitrogens with zero attached hydrogens (tertiary/aromatic N) is 4. The van der Waals surface area contributed by atoms with Crippen LogP contribution in [0.15, 0.2) is 109 Å². The van der Waals surface area contributed by atoms with Crippen LogP contribution >= 0.6 is 69.6 Å². The van der Waals surface area contributed by atoms with Crippen LogP contribution in [-0.4, -0.2) is 206 Å². The Bertz CT molecular complexity index is 4100. The van der Waals surface area contributed by atoms with Gasteiger partial charge in [0, 0.05) is 102 Å². The first-order chi connectivity index (χ1) is 53.0. The van der Waals surface area contributed by atoms with Crippen molar-refractivity contribution in [2.45, 2.75) is 129 Å². The SMILES string of the molecule is COc1ccc(C2=CN3C(=O)c4cc(OC)c(OCCCOc5cc6c(cc5OC)C(=O)N5C=C(c7ccc(OCCOCCCOCCCOCCCOCCCOCCC8C(=O)c9ccccc9C8=O)cc7)CC5[C@@H](O[Si](C)(C)C(C)(C)C)N6C(=O)OCC(Cl)(Cl)Cl)cc4N(C(=O)OCC(Cl)(Cl)Cl)[C@H](C)C3C2)cc1. The Balaban J connectivity index is 0.723. The topological polar surface area (TPSA) is 245 Å². The Morgan fingerprint density at radius 1 is 0.468 bits per heavy atom. The molecule has 5 aromatic rings. The van der Waals surface area contributed by atoms with Crippen molar-refractivity contribution in [2.24, 2.45) is 5.92 Å². The minimum absolute atomic E-state index is 0.00503. The molecule has 4 atom stereocenters. The van der Waals surface area contributed by atoms with Crippen molar-refractivity contribution < 1.29 is 94.8 Å². The molecule has 111 heavy (non-hydrogen) atoms. The number of rotatable bonds is 38. The molecule has 31 heteroatoms. The lowest BCUT2D eigenvalue weighted by atomic mass is 9.98. The van der Waals surface area contributed by atoms with E-state index in [1.807, 2.05) is 61.6 Å². The number of carbonyl (C=O) groups excluding carboxylic acids is 6. The fraction of sp³-hybridized carbons (Fsp3) is 0.500. The standard InChI is InChI=1S/C80H96Cl6N4O20Si/c1-51-63-41-54(52-19-23-56(97-5)24-20-52)47-87(63)73(93)61-43-67(98-6)69(45-64(61)89(51)76(95)108-49-79(81,82)83)106-36-16-37-107-70-46-65-62(44-68(70)99-7)74(94)88-48-55(42-66(88)75(110-111(8,9)78(2,3)4)90(65)77(96)109-50-80(84,85)86)53-21-25-57(26-22-53)105-40-39-104-35-15-33-102-31-13-29-100-28-12-30-101-32-14-34-103-38-27-60-71(91)58-17-10-11-18-59(58)72(60)92/h10-11,17-26,43-48,51,60,63,66,75H,12-16,27-42,49-50H2,1-9H3/t51-,63?,66?,75-/m1/s1. The van der Waals surface area contributed by atoms with Crippen molar-refractivity contribution in [1.82, 2.24) is 9.80 Å². The maximum atomic E-state index is 15.4. The van der Waals surface area contributed by atoms with E-state index in [2.05, 4.69) is 20.8 Å². The fourth-order valence-corrected chi connectivity index (χ4v) is 14.8. The van der Waals surface area contributed by atoms with E-state index in [1.165, 1.54) is 42.2 Å². The van der Waals surface area contributed by atoms with Crippen LogP contribution < -0.4 is 38.2 Å². The molecular weight excluding hydrogens is 1580 g/mol. The van der Waals surface area contributed by atoms with Crippen LogP contribution in [0.1, 0.15) is 132 Å². The number of carbonyl (C=O) groups is 6. The molecule has 5 aromatic carbocycles. The monoisotopic (exact) mass is 1670 g/mol. The van der Waals surface area contributed by atoms with Crippen molar-refractivity contribution in [3.05, 3.63) is 143 Å². The van der Waals surface area contributed by atoms with Gasteiger partial charge in [-0.2, -0.15) is 0 Å². The number of hydrogen-bond donors (Lipinski definition) is 0. The number of ketones is 2. The number of methoxy groups -OCH3 is 3. The smallest absolute Gasteiger partial charge is 0.416 e. The zero-order valence-electron chi connectivity index (χ0n) is 63.8. The van der Waals surface area contributed by atoms with E-state index in [4.69, 9.17) is 136 Å². The van der Waals surface area contributed by atoms with E-state index in [1.54, 1.807) is 66.6 Å². The van der Waals surface area contributed by atoms with Crippen LogP contribution in [0.2, 0.25) is 18.1 Å². The van der Waals surface area contributed by atoms with E-state index >= 15 is 4.79 Å². The summed E-state index contributed by atoms with van der Waals surface area (Å²) in [7, 11) is 1.58. The molecule has 24 nitrogen and oxygen atoms in total. The number of hydrogen-bond acceptors (Lipinski definition) is 20. The van der Waals surface area contributed by atoms with E-state index in [0.717, 1.165) is 41.5 Å². The van der Waals surface area contributed by atoms with Crippen molar-refractivity contribution >= 4 is 136 Å². The number of fused-ring (bicyclic) bond motifs is 5. The van der Waals surface area contributed by atoms with E-state index in [-0.39, 0.29) is 83.1 Å². The van der Waals surface area contributed by atoms with Gasteiger partial charge in [-0.3, -0.25) is 24.1 Å². The van der Waals surface area contributed by atoms with Crippen LogP contribution in [-0.2, 0) is 37.6 Å². The molecule has 5 aliphatic rings. The van der Waals surface area contributed by atoms with Gasteiger partial charge >= 0.3 is 12.2 Å². The molecule has 0 saturated heterocycles. The van der Waals surface area contributed by atoms with Gasteiger partial charge in [0.25, 0.3) is 11.8 Å². The molecule has 0 fully saturated rings. The van der Waals surface area contributed by atoms with Gasteiger partial charge in [-0.1, -0.05) is 139 Å². The lowest BCUT2D eigenvalue weighted by Crippen LogP contribution is -2.58. The first-order valence-electron chi connectivity index (χ1n) is 36.9. The summed E-state index contributed by atoms with van der Waals surface area (Å²) in [4.78, 5) is 90.3. The minimum atomic E-state index is -2.86. The zero-order chi connectivity index (χ0) is 79.8. The van der Waals surface area contributed by atoms with E-state index in [0.29, 0.717) is 115 Å². The first-order valence-corrected chi connectivity index (χ1v) is 42.1. The van der Waals surface area contributed by atoms with Gasteiger partial charge in [0.15, 0.2) is 49.1 Å². The van der Waals surface area contributed by atoms with Gasteiger partial charge in [-0.25, -0.2) is 14.5 Å². The molecule has 1 aliphatic carbocycles. The molecule has 4 amide bonds. The Hall–Kier alpha value is -7.08. The number of benzene rings is 5. The molecule has 10 rings (SSSR count). The summed E-state index contributed by atoms with van der Waals surface area (Å²) in [5, 5.41) is -0.391. The average Bonchev–Trinajstić information content (AvgIpc) is 1.61. The molecule has 2 unspecified atom stereocenters. The summed E-state index contributed by atoms with van der Waals surface area (Å²) in [5.41, 5.74) is 4.78. The normalized spacial score (nSPS) is 17.8. The predicted octanol–water partition coefficient (Wildman–Crippen LogP) is 16.6. The molecule has 0 bridgehead atoms. The third-order valence-corrected chi connectivity index (χ3v) is 25.1. The largest absolute Gasteiger partial charge is 0.497 e. The highest BCUT2D eigenvalue weighted by Gasteiger charge is 2.52. The van der Waals surface area contributed by atoms with Gasteiger partial charge in [0.2, 0.25) is 7.59 Å². The summed E-state index contributed by atoms with van der Waals surface area (Å²) in [6.07, 6.45) is 4.79. The quantitative estimate of drug-likeness (QED) is 0.0154. The van der Waals surface area contributed by atoms with Crippen LogP contribution in [0, 0.1) is 5.92 Å². The maximum Gasteiger partial charge on any atom is 0.416 e. The molecule has 0 aromatic heterocycles. The Morgan fingerprint density at radius 2 is 0.883 bits per heavy atom. The summed E-state index contributed by atoms with van der Waals surface area (Å²) in [5.74, 6) is 0.232. The van der Waals surface area contributed by atoms with Crippen LogP contribution in [0.4, 0.5) is 21.0 Å². The van der Waals surface area contributed by atoms with Crippen molar-refractivity contribution in [3.63, 3.8) is 0 Å². The van der Waals surface area contributed by atoms with Crippen LogP contribution in [0.5, 0.6) is 34.5 Å². The average molecular weight is 1670 g/mol. The summed E-state index contributed by atoms with van der Waals surface area (Å²) < 4.78 is 79.4. The van der Waals surface area contributed by atoms with Gasteiger partial charge in [0.05, 0.1) is 87.7 Å². The van der Waals surface area contributed by atoms with E-state index in [9.17, 15) is 24.0 Å². The molecule has 0 saturated carbocycles. The third-order valence-electron chi connectivity index (χ3n) is 20.0. The molecular formula is C80H96Cl6N4O20Si. The number of alkyl halides is 6. The summed E-state index contributed by atoms with van der Waals surface area (Å²) in [6, 6.07) is 26.0. The van der Waals surface area contributed by atoms with Crippen molar-refractivity contribution in [3.8, 4) is 34.5 Å². The summed E-state index contributed by atoms with van der Waals surface area (Å²) >= 11 is 36.9. The molecule has 4 heterocycles. The first kappa shape index (κ1) is 86.3. The second kappa shape index (κ2) is 39.3. The lowest BCUT2D eigenvalue weighted by Gasteiger charge is -2.44. The number of Topliss-reactive ketones (excluding diaryl/α,β-unsaturated/α-hetero) is 2. The second-order valence-electron chi connectivity index (χ2n) is 28.6. The third kappa shape index (κ3) is 22.3. The number of halogens is 6. The predicted molar refractivity (Wildman–Crippen MR) is 427 cm³/mol. The maximum absolute atomic E-state index is 15.4. The Kier molecular flexibility index (Phi) is 30.6. The lowest BCUT2D eigenvalue weighted by molar-refractivity contribution is 0.0453. The fourth-order valence-electron chi connectivity index (χ4n) is 13.2. The zero-order valence-corrected chi connectivity index (χ0v) is 69.3. The van der Waals surface area contributed by atoms with Crippen molar-refractivity contribution in [2.75, 3.05) is 130 Å². The van der Waals surface area contributed by atoms with Gasteiger partial charge in [-0.05, 0) is 129 Å². The highest BCUT2D eigenvalue weighted by atomic mass is 35.6. The summed E-state index contributed by atoms with van der Waals surface area (Å²) in [6.45, 7) is 16.3. The second-order valence-corrected chi connectivity index (χ2v) is 38.4. The Morgan fingerprint density at radius 3 is 1.33 bits per heavy atom. The van der Waals surface area contributed by atoms with E-state index < -0.39 is 88.4 Å². The minimum Gasteiger partial charge on any atom is -0.497 e. The van der Waals surface area contributed by atoms with Crippen LogP contribution in [0.3, 0.4) is 0 Å². The van der Waals surface area contributed by atoms with Crippen LogP contribution in [0.25, 0.3) is 11.1 Å². The molecule has 0 spiro atoms. The molecule has 0 N–H and O–H groups in total.